The van der Waals surface area contributed by atoms with E-state index in [-0.39, 0.29) is 11.8 Å². The van der Waals surface area contributed by atoms with Crippen LogP contribution in [0.4, 0.5) is 5.82 Å². The van der Waals surface area contributed by atoms with E-state index >= 15 is 0 Å². The average molecular weight is 485 g/mol. The highest BCUT2D eigenvalue weighted by Crippen LogP contribution is 2.37. The minimum atomic E-state index is -0.0279. The van der Waals surface area contributed by atoms with Crippen molar-refractivity contribution < 1.29 is 19.0 Å². The number of fused-ring (bicyclic) bond motifs is 2. The average Bonchev–Trinajstić information content (AvgIpc) is 3.38. The van der Waals surface area contributed by atoms with Crippen LogP contribution in [0.15, 0.2) is 42.9 Å². The molecule has 1 aromatic carbocycles. The van der Waals surface area contributed by atoms with Crippen LogP contribution in [0.2, 0.25) is 0 Å². The molecule has 0 saturated heterocycles. The first kappa shape index (κ1) is 22.0. The highest BCUT2D eigenvalue weighted by atomic mass is 16.5. The normalized spacial score (nSPS) is 16.4. The Kier molecular flexibility index (Phi) is 5.48. The molecule has 0 aliphatic carbocycles. The molecule has 2 aliphatic rings. The fraction of sp³-hybridized carbons (Fsp3) is 0.269. The number of pyridine rings is 1. The number of aromatic amines is 1. The number of carbonyl (C=O) groups is 1. The number of nitrogens with zero attached hydrogens (tertiary/aromatic N) is 4. The van der Waals surface area contributed by atoms with Crippen molar-refractivity contribution in [2.45, 2.75) is 32.1 Å². The van der Waals surface area contributed by atoms with E-state index in [4.69, 9.17) is 19.2 Å². The van der Waals surface area contributed by atoms with Crippen LogP contribution in [0.3, 0.4) is 0 Å². The second-order valence-electron chi connectivity index (χ2n) is 8.79. The predicted molar refractivity (Wildman–Crippen MR) is 131 cm³/mol. The fourth-order valence-corrected chi connectivity index (χ4v) is 4.57. The number of ether oxygens (including phenoxy) is 3. The van der Waals surface area contributed by atoms with Crippen molar-refractivity contribution >= 4 is 11.7 Å². The van der Waals surface area contributed by atoms with Crippen LogP contribution < -0.4 is 19.5 Å². The summed E-state index contributed by atoms with van der Waals surface area (Å²) in [7, 11) is 1.54. The summed E-state index contributed by atoms with van der Waals surface area (Å²) in [4.78, 5) is 32.6. The molecule has 1 amide bonds. The molecule has 0 radical (unpaired) electrons. The quantitative estimate of drug-likeness (QED) is 0.436. The Morgan fingerprint density at radius 3 is 2.92 bits per heavy atom. The number of aryl methyl sites for hydroxylation is 1. The lowest BCUT2D eigenvalue weighted by Gasteiger charge is -2.25. The fourth-order valence-electron chi connectivity index (χ4n) is 4.57. The van der Waals surface area contributed by atoms with E-state index in [2.05, 4.69) is 25.3 Å². The summed E-state index contributed by atoms with van der Waals surface area (Å²) in [5.41, 5.74) is 4.38. The van der Waals surface area contributed by atoms with E-state index in [0.717, 1.165) is 46.1 Å². The van der Waals surface area contributed by atoms with Gasteiger partial charge in [-0.3, -0.25) is 4.79 Å². The van der Waals surface area contributed by atoms with Crippen LogP contribution in [-0.4, -0.2) is 44.5 Å². The van der Waals surface area contributed by atoms with Gasteiger partial charge in [0.1, 0.15) is 28.9 Å². The van der Waals surface area contributed by atoms with Gasteiger partial charge >= 0.3 is 6.01 Å². The maximum Gasteiger partial charge on any atom is 0.316 e. The molecule has 182 valence electrons. The minimum absolute atomic E-state index is 0.0279. The van der Waals surface area contributed by atoms with Gasteiger partial charge in [0.05, 0.1) is 31.0 Å². The van der Waals surface area contributed by atoms with Crippen LogP contribution in [-0.2, 0) is 17.6 Å². The molecule has 5 heterocycles. The van der Waals surface area contributed by atoms with Crippen molar-refractivity contribution in [1.82, 2.24) is 24.9 Å². The van der Waals surface area contributed by atoms with Crippen LogP contribution >= 0.6 is 0 Å². The van der Waals surface area contributed by atoms with Crippen molar-refractivity contribution in [2.75, 3.05) is 19.0 Å². The number of carbonyl (C=O) groups excluding carboxylic acids is 1. The van der Waals surface area contributed by atoms with Gasteiger partial charge in [0.15, 0.2) is 0 Å². The number of hydrogen-bond donors (Lipinski definition) is 2. The summed E-state index contributed by atoms with van der Waals surface area (Å²) in [5, 5.41) is 2.81. The number of aromatic nitrogens is 5. The summed E-state index contributed by atoms with van der Waals surface area (Å²) < 4.78 is 17.4. The van der Waals surface area contributed by atoms with Gasteiger partial charge in [0.25, 0.3) is 0 Å². The first-order valence-corrected chi connectivity index (χ1v) is 11.7. The third-order valence-corrected chi connectivity index (χ3v) is 6.44. The van der Waals surface area contributed by atoms with Gasteiger partial charge in [-0.25, -0.2) is 15.0 Å². The summed E-state index contributed by atoms with van der Waals surface area (Å²) >= 11 is 0. The molecule has 2 aliphatic heterocycles. The second kappa shape index (κ2) is 8.95. The van der Waals surface area contributed by atoms with E-state index in [1.165, 1.54) is 0 Å². The molecule has 1 unspecified atom stereocenters. The molecule has 10 heteroatoms. The Balaban J connectivity index is 1.21. The largest absolute Gasteiger partial charge is 0.493 e. The van der Waals surface area contributed by atoms with Crippen LogP contribution in [0, 0.1) is 6.92 Å². The Hall–Kier alpha value is -4.47. The standard InChI is InChI=1S/C26H24N6O4/c1-14-19(11-29-26(30-14)34-2)20-12-28-24(31-20)16-9-15-10-17(3-5-21(15)35-13-16)36-22-7-8-27-25-18(22)4-6-23(33)32-25/h3,5,7-8,10-12,16H,4,6,9,13H2,1-2H3,(H,28,31)(H,27,32,33). The molecule has 36 heavy (non-hydrogen) atoms. The zero-order valence-electron chi connectivity index (χ0n) is 19.9. The third-order valence-electron chi connectivity index (χ3n) is 6.44. The Morgan fingerprint density at radius 2 is 2.06 bits per heavy atom. The maximum atomic E-state index is 11.7. The number of rotatable bonds is 5. The van der Waals surface area contributed by atoms with E-state index in [9.17, 15) is 4.79 Å². The van der Waals surface area contributed by atoms with Gasteiger partial charge in [-0.1, -0.05) is 0 Å². The lowest BCUT2D eigenvalue weighted by molar-refractivity contribution is -0.116. The summed E-state index contributed by atoms with van der Waals surface area (Å²) in [5.74, 6) is 3.68. The molecule has 10 nitrogen and oxygen atoms in total. The van der Waals surface area contributed by atoms with Gasteiger partial charge < -0.3 is 24.5 Å². The number of H-pyrrole nitrogens is 1. The summed E-state index contributed by atoms with van der Waals surface area (Å²) in [6, 6.07) is 7.98. The molecular weight excluding hydrogens is 460 g/mol. The van der Waals surface area contributed by atoms with E-state index in [0.29, 0.717) is 42.8 Å². The highest BCUT2D eigenvalue weighted by Gasteiger charge is 2.26. The topological polar surface area (TPSA) is 124 Å². The van der Waals surface area contributed by atoms with Crippen LogP contribution in [0.1, 0.15) is 35.0 Å². The third kappa shape index (κ3) is 4.10. The van der Waals surface area contributed by atoms with Crippen molar-refractivity contribution in [3.63, 3.8) is 0 Å². The number of methoxy groups -OCH3 is 1. The Bertz CT molecular complexity index is 1470. The highest BCUT2D eigenvalue weighted by molar-refractivity contribution is 5.93. The second-order valence-corrected chi connectivity index (χ2v) is 8.79. The lowest BCUT2D eigenvalue weighted by atomic mass is 9.96. The Labute approximate surface area is 207 Å². The zero-order chi connectivity index (χ0) is 24.6. The molecule has 0 fully saturated rings. The number of nitrogens with one attached hydrogen (secondary N) is 2. The van der Waals surface area contributed by atoms with Gasteiger partial charge in [-0.15, -0.1) is 0 Å². The molecule has 2 N–H and O–H groups in total. The van der Waals surface area contributed by atoms with E-state index in [1.54, 1.807) is 19.5 Å². The first-order valence-electron chi connectivity index (χ1n) is 11.7. The smallest absolute Gasteiger partial charge is 0.316 e. The zero-order valence-corrected chi connectivity index (χ0v) is 19.9. The Morgan fingerprint density at radius 1 is 1.14 bits per heavy atom. The van der Waals surface area contributed by atoms with E-state index in [1.807, 2.05) is 37.4 Å². The number of hydrogen-bond acceptors (Lipinski definition) is 8. The van der Waals surface area contributed by atoms with Crippen LogP contribution in [0.5, 0.6) is 23.3 Å². The lowest BCUT2D eigenvalue weighted by Crippen LogP contribution is -2.20. The molecule has 0 bridgehead atoms. The van der Waals surface area contributed by atoms with Gasteiger partial charge in [-0.05, 0) is 49.6 Å². The maximum absolute atomic E-state index is 11.7. The van der Waals surface area contributed by atoms with E-state index < -0.39 is 0 Å². The number of imidazole rings is 1. The van der Waals surface area contributed by atoms with Gasteiger partial charge in [0.2, 0.25) is 5.91 Å². The summed E-state index contributed by atoms with van der Waals surface area (Å²) in [6.45, 7) is 2.43. The molecular formula is C26H24N6O4. The van der Waals surface area contributed by atoms with Gasteiger partial charge in [-0.2, -0.15) is 4.98 Å². The molecule has 3 aromatic heterocycles. The predicted octanol–water partition coefficient (Wildman–Crippen LogP) is 3.97. The molecule has 0 saturated carbocycles. The number of anilines is 1. The number of benzene rings is 1. The van der Waals surface area contributed by atoms with Crippen molar-refractivity contribution in [3.05, 3.63) is 65.5 Å². The molecule has 6 rings (SSSR count). The monoisotopic (exact) mass is 484 g/mol. The van der Waals surface area contributed by atoms with Crippen molar-refractivity contribution in [1.29, 1.82) is 0 Å². The molecule has 4 aromatic rings. The molecule has 1 atom stereocenters. The van der Waals surface area contributed by atoms with Crippen molar-refractivity contribution in [2.24, 2.45) is 0 Å². The minimum Gasteiger partial charge on any atom is -0.493 e. The SMILES string of the molecule is COc1ncc(-c2c[nH]c(C3COc4ccc(Oc5ccnc6c5CCC(=O)N6)cc4C3)n2)c(C)n1. The molecule has 0 spiro atoms. The first-order chi connectivity index (χ1) is 17.6. The van der Waals surface area contributed by atoms with Gasteiger partial charge in [0, 0.05) is 36.1 Å². The van der Waals surface area contributed by atoms with Crippen LogP contribution in [0.25, 0.3) is 11.3 Å². The number of amides is 1. The summed E-state index contributed by atoms with van der Waals surface area (Å²) in [6.07, 6.45) is 7.00. The van der Waals surface area contributed by atoms with Crippen molar-refractivity contribution in [3.8, 4) is 34.5 Å².